The first-order chi connectivity index (χ1) is 17.8. The Labute approximate surface area is 227 Å². The summed E-state index contributed by atoms with van der Waals surface area (Å²) < 4.78 is 53.1. The Kier molecular flexibility index (Phi) is 9.44. The molecule has 2 amide bonds. The largest absolute Gasteiger partial charge is 0.481 e. The predicted octanol–water partition coefficient (Wildman–Crippen LogP) is 4.79. The molecule has 1 fully saturated rings. The third kappa shape index (κ3) is 7.48. The van der Waals surface area contributed by atoms with E-state index in [0.717, 1.165) is 23.9 Å². The third-order valence-corrected chi connectivity index (χ3v) is 7.98. The molecule has 4 N–H and O–H groups in total. The zero-order chi connectivity index (χ0) is 28.2. The van der Waals surface area contributed by atoms with Crippen molar-refractivity contribution in [3.8, 4) is 11.1 Å². The van der Waals surface area contributed by atoms with Crippen LogP contribution in [0.5, 0.6) is 0 Å². The van der Waals surface area contributed by atoms with Crippen molar-refractivity contribution in [2.24, 2.45) is 11.7 Å². The minimum Gasteiger partial charge on any atom is -0.481 e. The van der Waals surface area contributed by atoms with Gasteiger partial charge < -0.3 is 16.2 Å². The highest BCUT2D eigenvalue weighted by Crippen LogP contribution is 2.40. The second-order valence-electron chi connectivity index (χ2n) is 8.27. The Bertz CT molecular complexity index is 1320. The highest BCUT2D eigenvalue weighted by molar-refractivity contribution is 8.27. The molecule has 38 heavy (non-hydrogen) atoms. The average Bonchev–Trinajstić information content (AvgIpc) is 3.38. The number of carboxylic acids is 1. The van der Waals surface area contributed by atoms with Gasteiger partial charge in [0, 0.05) is 17.7 Å². The first-order valence-corrected chi connectivity index (χ1v) is 13.1. The summed E-state index contributed by atoms with van der Waals surface area (Å²) in [5.41, 5.74) is 4.42. The average molecular weight is 589 g/mol. The summed E-state index contributed by atoms with van der Waals surface area (Å²) in [7, 11) is 0. The van der Waals surface area contributed by atoms with Crippen molar-refractivity contribution in [1.29, 1.82) is 0 Å². The fourth-order valence-electron chi connectivity index (χ4n) is 3.58. The molecule has 0 aliphatic carbocycles. The van der Waals surface area contributed by atoms with Crippen molar-refractivity contribution in [3.63, 3.8) is 0 Å². The van der Waals surface area contributed by atoms with Crippen molar-refractivity contribution in [1.82, 2.24) is 5.32 Å². The molecule has 1 aromatic carbocycles. The van der Waals surface area contributed by atoms with Gasteiger partial charge in [0.2, 0.25) is 11.8 Å². The SMILES string of the molecule is NC(=O)C(CCC(=O)O)NC(=O)CCC1C(=O)/C(=C/c2cc(-c3ccc(F)c(C(F)(F)F)c3)cs2)SC1=S. The van der Waals surface area contributed by atoms with Gasteiger partial charge in [-0.05, 0) is 53.6 Å². The number of hydrogen-bond donors (Lipinski definition) is 3. The number of hydrogen-bond acceptors (Lipinski definition) is 7. The maximum Gasteiger partial charge on any atom is 0.419 e. The predicted molar refractivity (Wildman–Crippen MR) is 139 cm³/mol. The topological polar surface area (TPSA) is 127 Å². The molecule has 0 radical (unpaired) electrons. The number of benzene rings is 1. The Balaban J connectivity index is 1.66. The molecule has 0 saturated carbocycles. The van der Waals surface area contributed by atoms with Crippen LogP contribution in [0.2, 0.25) is 0 Å². The number of allylic oxidation sites excluding steroid dienone is 1. The minimum absolute atomic E-state index is 0.0593. The van der Waals surface area contributed by atoms with E-state index in [2.05, 4.69) is 5.32 Å². The summed E-state index contributed by atoms with van der Waals surface area (Å²) in [5, 5.41) is 12.7. The van der Waals surface area contributed by atoms with Crippen molar-refractivity contribution in [3.05, 3.63) is 50.8 Å². The molecule has 2 atom stereocenters. The first kappa shape index (κ1) is 29.5. The maximum absolute atomic E-state index is 13.6. The van der Waals surface area contributed by atoms with Gasteiger partial charge in [0.05, 0.1) is 20.6 Å². The van der Waals surface area contributed by atoms with E-state index in [1.54, 1.807) is 17.5 Å². The number of rotatable bonds is 10. The van der Waals surface area contributed by atoms with Gasteiger partial charge in [0.25, 0.3) is 0 Å². The number of amides is 2. The molecule has 1 saturated heterocycles. The molecule has 1 aliphatic heterocycles. The molecule has 202 valence electrons. The monoisotopic (exact) mass is 588 g/mol. The Morgan fingerprint density at radius 3 is 2.53 bits per heavy atom. The van der Waals surface area contributed by atoms with Crippen molar-refractivity contribution < 1.29 is 41.8 Å². The van der Waals surface area contributed by atoms with Gasteiger partial charge in [-0.25, -0.2) is 4.39 Å². The van der Waals surface area contributed by atoms with Gasteiger partial charge in [0.15, 0.2) is 5.78 Å². The molecule has 2 heterocycles. The number of carbonyl (C=O) groups is 4. The lowest BCUT2D eigenvalue weighted by Crippen LogP contribution is -2.44. The molecular formula is C24H20F4N2O5S3. The number of nitrogens with one attached hydrogen (secondary N) is 1. The molecule has 7 nitrogen and oxygen atoms in total. The van der Waals surface area contributed by atoms with E-state index >= 15 is 0 Å². The van der Waals surface area contributed by atoms with Crippen LogP contribution in [0.4, 0.5) is 17.6 Å². The number of carbonyl (C=O) groups excluding carboxylic acids is 3. The summed E-state index contributed by atoms with van der Waals surface area (Å²) in [6.07, 6.45) is -3.91. The lowest BCUT2D eigenvalue weighted by atomic mass is 9.99. The number of halogens is 4. The number of ketones is 1. The fourth-order valence-corrected chi connectivity index (χ4v) is 6.01. The van der Waals surface area contributed by atoms with Gasteiger partial charge in [-0.15, -0.1) is 11.3 Å². The van der Waals surface area contributed by atoms with Crippen LogP contribution in [0.25, 0.3) is 17.2 Å². The summed E-state index contributed by atoms with van der Waals surface area (Å²) in [6, 6.07) is 3.13. The van der Waals surface area contributed by atoms with E-state index in [4.69, 9.17) is 23.1 Å². The van der Waals surface area contributed by atoms with E-state index in [9.17, 15) is 36.7 Å². The number of thioether (sulfide) groups is 1. The number of thiocarbonyl (C=S) groups is 1. The number of carboxylic acid groups (broad SMARTS) is 1. The van der Waals surface area contributed by atoms with E-state index in [0.29, 0.717) is 19.5 Å². The standard InChI is InChI=1S/C24H20F4N2O5S3/c25-16-3-1-11(8-15(16)24(26,27)28)12-7-13(37-10-12)9-18-21(34)14(23(36)38-18)2-5-19(31)30-17(22(29)35)4-6-20(32)33/h1,3,7-10,14,17H,2,4-6H2,(H2,29,35)(H,30,31)(H,32,33)/b18-9-. The van der Waals surface area contributed by atoms with Crippen LogP contribution in [-0.4, -0.2) is 38.9 Å². The smallest absolute Gasteiger partial charge is 0.419 e. The van der Waals surface area contributed by atoms with E-state index < -0.39 is 47.3 Å². The molecule has 0 spiro atoms. The second-order valence-corrected chi connectivity index (χ2v) is 11.0. The van der Waals surface area contributed by atoms with Crippen LogP contribution in [0.1, 0.15) is 36.1 Å². The number of Topliss-reactive ketones (excluding diaryl/α,β-unsaturated/α-hetero) is 1. The summed E-state index contributed by atoms with van der Waals surface area (Å²) >= 11 is 7.53. The highest BCUT2D eigenvalue weighted by Gasteiger charge is 2.36. The van der Waals surface area contributed by atoms with Crippen LogP contribution in [0.3, 0.4) is 0 Å². The first-order valence-electron chi connectivity index (χ1n) is 11.0. The minimum atomic E-state index is -4.84. The number of alkyl halides is 3. The molecule has 14 heteroatoms. The van der Waals surface area contributed by atoms with Crippen LogP contribution < -0.4 is 11.1 Å². The molecule has 1 aliphatic rings. The third-order valence-electron chi connectivity index (χ3n) is 5.54. The lowest BCUT2D eigenvalue weighted by molar-refractivity contribution is -0.140. The van der Waals surface area contributed by atoms with Crippen LogP contribution >= 0.6 is 35.3 Å². The van der Waals surface area contributed by atoms with Crippen LogP contribution in [0, 0.1) is 11.7 Å². The summed E-state index contributed by atoms with van der Waals surface area (Å²) in [4.78, 5) is 48.2. The number of primary amides is 1. The van der Waals surface area contributed by atoms with E-state index in [-0.39, 0.29) is 37.0 Å². The van der Waals surface area contributed by atoms with Gasteiger partial charge in [-0.2, -0.15) is 13.2 Å². The molecule has 0 bridgehead atoms. The van der Waals surface area contributed by atoms with Gasteiger partial charge in [-0.1, -0.05) is 30.0 Å². The number of thiophene rings is 1. The zero-order valence-electron chi connectivity index (χ0n) is 19.3. The molecule has 2 unspecified atom stereocenters. The second kappa shape index (κ2) is 12.2. The molecule has 3 rings (SSSR count). The number of aliphatic carboxylic acids is 1. The normalized spacial score (nSPS) is 17.6. The zero-order valence-corrected chi connectivity index (χ0v) is 21.8. The van der Waals surface area contributed by atoms with Gasteiger partial charge in [-0.3, -0.25) is 19.2 Å². The fraction of sp³-hybridized carbons (Fsp3) is 0.292. The van der Waals surface area contributed by atoms with E-state index in [1.165, 1.54) is 17.4 Å². The summed E-state index contributed by atoms with van der Waals surface area (Å²) in [5.74, 6) is -5.04. The van der Waals surface area contributed by atoms with Crippen molar-refractivity contribution in [2.75, 3.05) is 0 Å². The summed E-state index contributed by atoms with van der Waals surface area (Å²) in [6.45, 7) is 0. The molecule has 1 aromatic heterocycles. The maximum atomic E-state index is 13.6. The highest BCUT2D eigenvalue weighted by atomic mass is 32.2. The Hall–Kier alpha value is -3.10. The Morgan fingerprint density at radius 1 is 1.18 bits per heavy atom. The van der Waals surface area contributed by atoms with Gasteiger partial charge >= 0.3 is 12.1 Å². The molecular weight excluding hydrogens is 568 g/mol. The number of nitrogens with two attached hydrogens (primary N) is 1. The molecule has 2 aromatic rings. The van der Waals surface area contributed by atoms with Crippen molar-refractivity contribution >= 4 is 69.2 Å². The van der Waals surface area contributed by atoms with Crippen molar-refractivity contribution in [2.45, 2.75) is 37.9 Å². The van der Waals surface area contributed by atoms with Crippen LogP contribution in [-0.2, 0) is 25.4 Å². The quantitative estimate of drug-likeness (QED) is 0.207. The van der Waals surface area contributed by atoms with Gasteiger partial charge in [0.1, 0.15) is 11.9 Å². The lowest BCUT2D eigenvalue weighted by Gasteiger charge is -2.15. The Morgan fingerprint density at radius 2 is 1.89 bits per heavy atom. The van der Waals surface area contributed by atoms with E-state index in [1.807, 2.05) is 0 Å². The van der Waals surface area contributed by atoms with Crippen LogP contribution in [0.15, 0.2) is 34.6 Å².